The summed E-state index contributed by atoms with van der Waals surface area (Å²) in [4.78, 5) is 5.24. The summed E-state index contributed by atoms with van der Waals surface area (Å²) in [5.74, 6) is 0.770. The Morgan fingerprint density at radius 3 is 2.89 bits per heavy atom. The summed E-state index contributed by atoms with van der Waals surface area (Å²) in [5, 5.41) is 0. The number of hydrogen-bond acceptors (Lipinski definition) is 4. The van der Waals surface area contributed by atoms with Gasteiger partial charge in [0.05, 0.1) is 0 Å². The van der Waals surface area contributed by atoms with Gasteiger partial charge in [-0.15, -0.1) is 11.8 Å². The molecule has 0 spiro atoms. The molecule has 4 N–H and O–H groups in total. The molecule has 2 rings (SSSR count). The maximum atomic E-state index is 6.13. The first-order chi connectivity index (χ1) is 8.66. The Bertz CT molecular complexity index is 533. The summed E-state index contributed by atoms with van der Waals surface area (Å²) in [6.45, 7) is 0. The Morgan fingerprint density at radius 2 is 2.17 bits per heavy atom. The largest absolute Gasteiger partial charge is 0.398 e. The predicted molar refractivity (Wildman–Crippen MR) is 80.4 cm³/mol. The van der Waals surface area contributed by atoms with Gasteiger partial charge in [-0.3, -0.25) is 4.98 Å². The average molecular weight is 324 g/mol. The molecule has 0 fully saturated rings. The van der Waals surface area contributed by atoms with Gasteiger partial charge in [0.15, 0.2) is 0 Å². The van der Waals surface area contributed by atoms with Crippen LogP contribution in [-0.2, 0) is 0 Å². The highest BCUT2D eigenvalue weighted by molar-refractivity contribution is 9.10. The van der Waals surface area contributed by atoms with Crippen LogP contribution in [-0.4, -0.2) is 10.7 Å². The average Bonchev–Trinajstić information content (AvgIpc) is 2.37. The topological polar surface area (TPSA) is 64.9 Å². The summed E-state index contributed by atoms with van der Waals surface area (Å²) >= 11 is 5.16. The lowest BCUT2D eigenvalue weighted by molar-refractivity contribution is 0.827. The molecule has 1 heterocycles. The normalized spacial score (nSPS) is 12.3. The van der Waals surface area contributed by atoms with Gasteiger partial charge in [0.2, 0.25) is 0 Å². The third-order valence-electron chi connectivity index (χ3n) is 2.51. The number of benzene rings is 1. The van der Waals surface area contributed by atoms with Crippen molar-refractivity contribution < 1.29 is 0 Å². The molecule has 3 nitrogen and oxygen atoms in total. The van der Waals surface area contributed by atoms with Crippen molar-refractivity contribution in [2.75, 3.05) is 11.5 Å². The highest BCUT2D eigenvalue weighted by Gasteiger charge is 2.10. The first-order valence-electron chi connectivity index (χ1n) is 5.50. The van der Waals surface area contributed by atoms with Crippen LogP contribution in [0.5, 0.6) is 0 Å². The Balaban J connectivity index is 2.00. The summed E-state index contributed by atoms with van der Waals surface area (Å²) in [6, 6.07) is 9.82. The second kappa shape index (κ2) is 6.22. The summed E-state index contributed by atoms with van der Waals surface area (Å²) in [5.41, 5.74) is 13.6. The first-order valence-corrected chi connectivity index (χ1v) is 7.28. The second-order valence-corrected chi connectivity index (χ2v) is 5.89. The summed E-state index contributed by atoms with van der Waals surface area (Å²) < 4.78 is 1.07. The number of anilines is 1. The van der Waals surface area contributed by atoms with Crippen molar-refractivity contribution in [2.45, 2.75) is 10.9 Å². The molecule has 94 valence electrons. The van der Waals surface area contributed by atoms with Gasteiger partial charge < -0.3 is 11.5 Å². The standard InChI is InChI=1S/C13H14BrN3S/c14-9-2-1-3-10(6-9)18-8-13(16)11-7-17-5-4-12(11)15/h1-7,13H,8,16H2,(H2,15,17). The van der Waals surface area contributed by atoms with E-state index in [1.165, 1.54) is 4.90 Å². The molecule has 18 heavy (non-hydrogen) atoms. The lowest BCUT2D eigenvalue weighted by atomic mass is 10.1. The molecule has 1 aromatic carbocycles. The minimum atomic E-state index is -0.109. The third kappa shape index (κ3) is 3.48. The summed E-state index contributed by atoms with van der Waals surface area (Å²) in [6.07, 6.45) is 3.41. The molecule has 2 aromatic rings. The number of aromatic nitrogens is 1. The zero-order valence-corrected chi connectivity index (χ0v) is 12.1. The van der Waals surface area contributed by atoms with E-state index >= 15 is 0 Å². The number of nitrogen functional groups attached to an aromatic ring is 1. The van der Waals surface area contributed by atoms with Crippen molar-refractivity contribution in [3.05, 3.63) is 52.8 Å². The van der Waals surface area contributed by atoms with E-state index in [4.69, 9.17) is 11.5 Å². The number of pyridine rings is 1. The van der Waals surface area contributed by atoms with Gasteiger partial charge in [-0.2, -0.15) is 0 Å². The van der Waals surface area contributed by atoms with E-state index in [1.54, 1.807) is 30.2 Å². The van der Waals surface area contributed by atoms with Crippen molar-refractivity contribution in [1.82, 2.24) is 4.98 Å². The molecule has 0 aliphatic heterocycles. The molecule has 1 unspecified atom stereocenters. The molecule has 1 aromatic heterocycles. The van der Waals surface area contributed by atoms with E-state index in [-0.39, 0.29) is 6.04 Å². The zero-order valence-electron chi connectivity index (χ0n) is 9.71. The maximum Gasteiger partial charge on any atom is 0.0426 e. The van der Waals surface area contributed by atoms with E-state index in [0.717, 1.165) is 15.8 Å². The highest BCUT2D eigenvalue weighted by atomic mass is 79.9. The van der Waals surface area contributed by atoms with E-state index in [0.29, 0.717) is 5.69 Å². The number of hydrogen-bond donors (Lipinski definition) is 2. The fraction of sp³-hybridized carbons (Fsp3) is 0.154. The van der Waals surface area contributed by atoms with Crippen molar-refractivity contribution in [2.24, 2.45) is 5.73 Å². The fourth-order valence-corrected chi connectivity index (χ4v) is 3.05. The number of rotatable bonds is 4. The first kappa shape index (κ1) is 13.4. The third-order valence-corrected chi connectivity index (χ3v) is 4.12. The quantitative estimate of drug-likeness (QED) is 0.848. The van der Waals surface area contributed by atoms with Gasteiger partial charge in [-0.05, 0) is 24.3 Å². The van der Waals surface area contributed by atoms with Crippen molar-refractivity contribution in [1.29, 1.82) is 0 Å². The van der Waals surface area contributed by atoms with Crippen LogP contribution in [0, 0.1) is 0 Å². The van der Waals surface area contributed by atoms with Crippen molar-refractivity contribution >= 4 is 33.4 Å². The Kier molecular flexibility index (Phi) is 4.63. The summed E-state index contributed by atoms with van der Waals surface area (Å²) in [7, 11) is 0. The van der Waals surface area contributed by atoms with Crippen LogP contribution < -0.4 is 11.5 Å². The fourth-order valence-electron chi connectivity index (χ4n) is 1.56. The number of nitrogens with two attached hydrogens (primary N) is 2. The molecule has 1 atom stereocenters. The Morgan fingerprint density at radius 1 is 1.33 bits per heavy atom. The van der Waals surface area contributed by atoms with Crippen LogP contribution in [0.1, 0.15) is 11.6 Å². The molecule has 0 bridgehead atoms. The van der Waals surface area contributed by atoms with Gasteiger partial charge in [0, 0.05) is 44.8 Å². The van der Waals surface area contributed by atoms with Crippen LogP contribution in [0.15, 0.2) is 52.1 Å². The lowest BCUT2D eigenvalue weighted by Crippen LogP contribution is -2.15. The second-order valence-electron chi connectivity index (χ2n) is 3.88. The van der Waals surface area contributed by atoms with E-state index in [1.807, 2.05) is 12.1 Å². The van der Waals surface area contributed by atoms with Crippen molar-refractivity contribution in [3.63, 3.8) is 0 Å². The van der Waals surface area contributed by atoms with Gasteiger partial charge >= 0.3 is 0 Å². The molecule has 5 heteroatoms. The minimum Gasteiger partial charge on any atom is -0.398 e. The molecular formula is C13H14BrN3S. The maximum absolute atomic E-state index is 6.13. The van der Waals surface area contributed by atoms with E-state index in [9.17, 15) is 0 Å². The molecule has 0 radical (unpaired) electrons. The molecule has 0 aliphatic rings. The molecule has 0 saturated carbocycles. The van der Waals surface area contributed by atoms with E-state index in [2.05, 4.69) is 33.0 Å². The van der Waals surface area contributed by atoms with Gasteiger partial charge in [-0.25, -0.2) is 0 Å². The van der Waals surface area contributed by atoms with Crippen LogP contribution in [0.2, 0.25) is 0 Å². The van der Waals surface area contributed by atoms with Gasteiger partial charge in [0.25, 0.3) is 0 Å². The Hall–Kier alpha value is -1.04. The predicted octanol–water partition coefficient (Wildman–Crippen LogP) is 3.22. The molecular weight excluding hydrogens is 310 g/mol. The number of nitrogens with zero attached hydrogens (tertiary/aromatic N) is 1. The monoisotopic (exact) mass is 323 g/mol. The van der Waals surface area contributed by atoms with E-state index < -0.39 is 0 Å². The van der Waals surface area contributed by atoms with Crippen LogP contribution in [0.3, 0.4) is 0 Å². The SMILES string of the molecule is Nc1ccncc1C(N)CSc1cccc(Br)c1. The lowest BCUT2D eigenvalue weighted by Gasteiger charge is -2.13. The zero-order chi connectivity index (χ0) is 13.0. The number of halogens is 1. The van der Waals surface area contributed by atoms with Crippen LogP contribution in [0.4, 0.5) is 5.69 Å². The minimum absolute atomic E-state index is 0.109. The van der Waals surface area contributed by atoms with Gasteiger partial charge in [-0.1, -0.05) is 22.0 Å². The highest BCUT2D eigenvalue weighted by Crippen LogP contribution is 2.27. The number of thioether (sulfide) groups is 1. The Labute approximate surface area is 119 Å². The van der Waals surface area contributed by atoms with Crippen molar-refractivity contribution in [3.8, 4) is 0 Å². The van der Waals surface area contributed by atoms with Crippen LogP contribution >= 0.6 is 27.7 Å². The molecule has 0 aliphatic carbocycles. The smallest absolute Gasteiger partial charge is 0.0426 e. The molecule has 0 amide bonds. The molecule has 0 saturated heterocycles. The van der Waals surface area contributed by atoms with Crippen LogP contribution in [0.25, 0.3) is 0 Å². The van der Waals surface area contributed by atoms with Gasteiger partial charge in [0.1, 0.15) is 0 Å².